The van der Waals surface area contributed by atoms with Crippen molar-refractivity contribution in [2.24, 2.45) is 5.41 Å². The zero-order chi connectivity index (χ0) is 13.4. The first-order valence-corrected chi connectivity index (χ1v) is 6.51. The van der Waals surface area contributed by atoms with Crippen LogP contribution in [-0.2, 0) is 14.3 Å². The summed E-state index contributed by atoms with van der Waals surface area (Å²) in [5.41, 5.74) is 2.31. The Bertz CT molecular complexity index is 409. The molecule has 0 aromatic rings. The van der Waals surface area contributed by atoms with Crippen LogP contribution in [0.25, 0.3) is 0 Å². The average Bonchev–Trinajstić information content (AvgIpc) is 2.62. The van der Waals surface area contributed by atoms with E-state index in [2.05, 4.69) is 19.9 Å². The largest absolute Gasteiger partial charge is 0.344 e. The molecule has 1 fully saturated rings. The number of rotatable bonds is 2. The molecule has 3 heteroatoms. The number of allylic oxidation sites excluding steroid dienone is 3. The van der Waals surface area contributed by atoms with E-state index in [1.54, 1.807) is 0 Å². The molecule has 1 saturated heterocycles. The molecule has 1 aliphatic heterocycles. The summed E-state index contributed by atoms with van der Waals surface area (Å²) < 4.78 is 11.1. The van der Waals surface area contributed by atoms with E-state index in [0.717, 1.165) is 5.57 Å². The van der Waals surface area contributed by atoms with Gasteiger partial charge in [0.05, 0.1) is 13.2 Å². The summed E-state index contributed by atoms with van der Waals surface area (Å²) in [6.45, 7) is 9.48. The van der Waals surface area contributed by atoms with Gasteiger partial charge in [-0.1, -0.05) is 25.5 Å². The van der Waals surface area contributed by atoms with Gasteiger partial charge in [-0.2, -0.15) is 0 Å². The predicted molar refractivity (Wildman–Crippen MR) is 70.2 cm³/mol. The lowest BCUT2D eigenvalue weighted by atomic mass is 9.72. The standard InChI is InChI=1S/C15H22O3/c1-11-9-12(16)10-14(2,3)13(11)5-6-15(4)17-7-8-18-15/h5-6H,7-10H2,1-4H3/b6-5+. The third kappa shape index (κ3) is 2.73. The molecule has 2 aliphatic rings. The molecule has 0 unspecified atom stereocenters. The third-order valence-corrected chi connectivity index (χ3v) is 3.70. The highest BCUT2D eigenvalue weighted by atomic mass is 16.7. The summed E-state index contributed by atoms with van der Waals surface area (Å²) in [5, 5.41) is 0. The van der Waals surface area contributed by atoms with Crippen molar-refractivity contribution in [3.8, 4) is 0 Å². The Kier molecular flexibility index (Phi) is 3.47. The summed E-state index contributed by atoms with van der Waals surface area (Å²) in [6, 6.07) is 0. The van der Waals surface area contributed by atoms with Crippen LogP contribution in [0.5, 0.6) is 0 Å². The molecule has 0 spiro atoms. The van der Waals surface area contributed by atoms with E-state index in [9.17, 15) is 4.79 Å². The molecule has 2 rings (SSSR count). The Hall–Kier alpha value is -0.930. The summed E-state index contributed by atoms with van der Waals surface area (Å²) in [7, 11) is 0. The van der Waals surface area contributed by atoms with E-state index in [4.69, 9.17) is 9.47 Å². The first kappa shape index (κ1) is 13.5. The fraction of sp³-hybridized carbons (Fsp3) is 0.667. The molecule has 0 aromatic carbocycles. The fourth-order valence-electron chi connectivity index (χ4n) is 2.85. The summed E-state index contributed by atoms with van der Waals surface area (Å²) in [5.74, 6) is -0.278. The normalized spacial score (nSPS) is 27.2. The van der Waals surface area contributed by atoms with Gasteiger partial charge in [0, 0.05) is 12.8 Å². The number of ether oxygens (including phenoxy) is 2. The van der Waals surface area contributed by atoms with Crippen LogP contribution in [0.4, 0.5) is 0 Å². The first-order chi connectivity index (χ1) is 8.32. The second kappa shape index (κ2) is 4.63. The van der Waals surface area contributed by atoms with Crippen LogP contribution in [0.3, 0.4) is 0 Å². The first-order valence-electron chi connectivity index (χ1n) is 6.51. The molecule has 0 atom stereocenters. The van der Waals surface area contributed by atoms with Gasteiger partial charge in [-0.15, -0.1) is 0 Å². The van der Waals surface area contributed by atoms with Crippen LogP contribution in [0, 0.1) is 5.41 Å². The van der Waals surface area contributed by atoms with Crippen molar-refractivity contribution in [2.75, 3.05) is 13.2 Å². The molecule has 3 nitrogen and oxygen atoms in total. The SMILES string of the molecule is CC1=C(/C=C/C2(C)OCCO2)C(C)(C)CC(=O)C1. The zero-order valence-corrected chi connectivity index (χ0v) is 11.7. The number of Topliss-reactive ketones (excluding diaryl/α,β-unsaturated/α-hetero) is 1. The number of carbonyl (C=O) groups is 1. The van der Waals surface area contributed by atoms with Gasteiger partial charge < -0.3 is 9.47 Å². The average molecular weight is 250 g/mol. The number of hydrogen-bond donors (Lipinski definition) is 0. The Morgan fingerprint density at radius 2 is 1.78 bits per heavy atom. The third-order valence-electron chi connectivity index (χ3n) is 3.70. The second-order valence-corrected chi connectivity index (χ2v) is 6.02. The van der Waals surface area contributed by atoms with Crippen LogP contribution in [-0.4, -0.2) is 24.8 Å². The molecule has 1 aliphatic carbocycles. The topological polar surface area (TPSA) is 35.5 Å². The van der Waals surface area contributed by atoms with E-state index in [0.29, 0.717) is 31.8 Å². The zero-order valence-electron chi connectivity index (χ0n) is 11.7. The minimum atomic E-state index is -0.606. The Morgan fingerprint density at radius 1 is 1.17 bits per heavy atom. The minimum absolute atomic E-state index is 0.0924. The Balaban J connectivity index is 2.23. The summed E-state index contributed by atoms with van der Waals surface area (Å²) in [4.78, 5) is 11.7. The molecule has 1 heterocycles. The minimum Gasteiger partial charge on any atom is -0.344 e. The second-order valence-electron chi connectivity index (χ2n) is 6.02. The molecule has 0 bridgehead atoms. The molecular formula is C15H22O3. The molecule has 100 valence electrons. The van der Waals surface area contributed by atoms with Crippen molar-refractivity contribution < 1.29 is 14.3 Å². The smallest absolute Gasteiger partial charge is 0.185 e. The van der Waals surface area contributed by atoms with Gasteiger partial charge in [-0.05, 0) is 30.9 Å². The van der Waals surface area contributed by atoms with Gasteiger partial charge in [-0.25, -0.2) is 0 Å². The van der Waals surface area contributed by atoms with Gasteiger partial charge in [0.1, 0.15) is 5.78 Å². The number of ketones is 1. The van der Waals surface area contributed by atoms with Gasteiger partial charge >= 0.3 is 0 Å². The molecule has 0 aromatic heterocycles. The molecule has 0 amide bonds. The van der Waals surface area contributed by atoms with Gasteiger partial charge in [0.25, 0.3) is 0 Å². The van der Waals surface area contributed by atoms with Crippen LogP contribution in [0.1, 0.15) is 40.5 Å². The monoisotopic (exact) mass is 250 g/mol. The lowest BCUT2D eigenvalue weighted by Crippen LogP contribution is -2.26. The number of carbonyl (C=O) groups excluding carboxylic acids is 1. The predicted octanol–water partition coefficient (Wildman–Crippen LogP) is 3.01. The summed E-state index contributed by atoms with van der Waals surface area (Å²) >= 11 is 0. The Morgan fingerprint density at radius 3 is 2.33 bits per heavy atom. The van der Waals surface area contributed by atoms with E-state index in [1.165, 1.54) is 5.57 Å². The van der Waals surface area contributed by atoms with Crippen LogP contribution < -0.4 is 0 Å². The van der Waals surface area contributed by atoms with Crippen molar-refractivity contribution in [3.05, 3.63) is 23.3 Å². The maximum absolute atomic E-state index is 11.7. The molecular weight excluding hydrogens is 228 g/mol. The molecule has 0 saturated carbocycles. The van der Waals surface area contributed by atoms with Crippen molar-refractivity contribution in [3.63, 3.8) is 0 Å². The van der Waals surface area contributed by atoms with Crippen molar-refractivity contribution in [1.29, 1.82) is 0 Å². The lowest BCUT2D eigenvalue weighted by molar-refractivity contribution is -0.120. The van der Waals surface area contributed by atoms with E-state index >= 15 is 0 Å². The van der Waals surface area contributed by atoms with E-state index in [-0.39, 0.29) is 5.41 Å². The van der Waals surface area contributed by atoms with Gasteiger partial charge in [0.15, 0.2) is 5.79 Å². The quantitative estimate of drug-likeness (QED) is 0.755. The molecule has 0 N–H and O–H groups in total. The van der Waals surface area contributed by atoms with Gasteiger partial charge in [-0.3, -0.25) is 4.79 Å². The maximum Gasteiger partial charge on any atom is 0.185 e. The Labute approximate surface area is 109 Å². The van der Waals surface area contributed by atoms with Crippen LogP contribution >= 0.6 is 0 Å². The lowest BCUT2D eigenvalue weighted by Gasteiger charge is -2.32. The maximum atomic E-state index is 11.7. The van der Waals surface area contributed by atoms with Crippen molar-refractivity contribution in [2.45, 2.75) is 46.3 Å². The highest BCUT2D eigenvalue weighted by Crippen LogP contribution is 2.39. The van der Waals surface area contributed by atoms with Crippen molar-refractivity contribution >= 4 is 5.78 Å². The summed E-state index contributed by atoms with van der Waals surface area (Å²) in [6.07, 6.45) is 5.23. The van der Waals surface area contributed by atoms with E-state index < -0.39 is 5.79 Å². The van der Waals surface area contributed by atoms with E-state index in [1.807, 2.05) is 19.9 Å². The van der Waals surface area contributed by atoms with Crippen molar-refractivity contribution in [1.82, 2.24) is 0 Å². The fourth-order valence-corrected chi connectivity index (χ4v) is 2.85. The highest BCUT2D eigenvalue weighted by Gasteiger charge is 2.33. The molecule has 0 radical (unpaired) electrons. The van der Waals surface area contributed by atoms with Gasteiger partial charge in [0.2, 0.25) is 0 Å². The van der Waals surface area contributed by atoms with Crippen LogP contribution in [0.2, 0.25) is 0 Å². The highest BCUT2D eigenvalue weighted by molar-refractivity contribution is 5.84. The van der Waals surface area contributed by atoms with Crippen LogP contribution in [0.15, 0.2) is 23.3 Å². The molecule has 18 heavy (non-hydrogen) atoms. The number of hydrogen-bond acceptors (Lipinski definition) is 3.